The molecule has 2 N–H and O–H groups in total. The summed E-state index contributed by atoms with van der Waals surface area (Å²) in [6, 6.07) is 1.78. The lowest BCUT2D eigenvalue weighted by Gasteiger charge is -1.96. The van der Waals surface area contributed by atoms with Crippen molar-refractivity contribution in [1.82, 2.24) is 9.97 Å². The molecule has 0 unspecified atom stereocenters. The van der Waals surface area contributed by atoms with Crippen LogP contribution in [-0.2, 0) is 16.4 Å². The third-order valence-electron chi connectivity index (χ3n) is 1.96. The van der Waals surface area contributed by atoms with Gasteiger partial charge in [0.05, 0.1) is 5.39 Å². The molecule has 2 aromatic rings. The molecule has 0 bridgehead atoms. The molecule has 0 fully saturated rings. The number of primary sulfonamides is 1. The van der Waals surface area contributed by atoms with Gasteiger partial charge >= 0.3 is 0 Å². The Hall–Kier alpha value is -1.05. The number of aromatic nitrogens is 2. The minimum absolute atomic E-state index is 0.0940. The summed E-state index contributed by atoms with van der Waals surface area (Å²) in [5, 5.41) is 5.48. The topological polar surface area (TPSA) is 85.9 Å². The minimum atomic E-state index is -3.77. The fraction of sp³-hybridized carbons (Fsp3) is 0.250. The number of fused-ring (bicyclic) bond motifs is 1. The van der Waals surface area contributed by atoms with Crippen molar-refractivity contribution >= 4 is 31.6 Å². The van der Waals surface area contributed by atoms with Gasteiger partial charge in [0.2, 0.25) is 0 Å². The van der Waals surface area contributed by atoms with E-state index >= 15 is 0 Å². The number of thiophene rings is 1. The van der Waals surface area contributed by atoms with Gasteiger partial charge in [0.25, 0.3) is 10.0 Å². The van der Waals surface area contributed by atoms with Crippen LogP contribution < -0.4 is 5.14 Å². The molecule has 0 saturated heterocycles. The number of nitrogens with two attached hydrogens (primary N) is 1. The molecule has 0 atom stereocenters. The molecule has 0 saturated carbocycles. The lowest BCUT2D eigenvalue weighted by Crippen LogP contribution is -2.14. The van der Waals surface area contributed by atoms with Crippen LogP contribution >= 0.6 is 11.3 Å². The van der Waals surface area contributed by atoms with Crippen LogP contribution in [0, 0.1) is 0 Å². The molecule has 2 aromatic heterocycles. The maximum atomic E-state index is 11.2. The molecule has 0 aromatic carbocycles. The number of nitrogens with zero attached hydrogens (tertiary/aromatic N) is 2. The molecule has 15 heavy (non-hydrogen) atoms. The van der Waals surface area contributed by atoms with Crippen molar-refractivity contribution in [3.05, 3.63) is 17.3 Å². The van der Waals surface area contributed by atoms with Crippen molar-refractivity contribution in [2.24, 2.45) is 5.14 Å². The molecule has 5 nitrogen and oxygen atoms in total. The van der Waals surface area contributed by atoms with Gasteiger partial charge in [-0.15, -0.1) is 11.3 Å². The second-order valence-corrected chi connectivity index (χ2v) is 5.60. The van der Waals surface area contributed by atoms with Crippen LogP contribution in [0.3, 0.4) is 0 Å². The molecule has 80 valence electrons. The Balaban J connectivity index is 2.81. The molecule has 2 heterocycles. The maximum Gasteiger partial charge on any atom is 0.256 e. The predicted molar refractivity (Wildman–Crippen MR) is 58.2 cm³/mol. The maximum absolute atomic E-state index is 11.2. The third-order valence-corrected chi connectivity index (χ3v) is 4.01. The lowest BCUT2D eigenvalue weighted by atomic mass is 10.3. The van der Waals surface area contributed by atoms with E-state index in [2.05, 4.69) is 9.97 Å². The van der Waals surface area contributed by atoms with Crippen LogP contribution in [0.25, 0.3) is 10.2 Å². The molecular formula is C8H9N3O2S2. The number of rotatable bonds is 2. The summed E-state index contributed by atoms with van der Waals surface area (Å²) in [7, 11) is -3.77. The fourth-order valence-corrected chi connectivity index (χ4v) is 2.94. The van der Waals surface area contributed by atoms with Crippen molar-refractivity contribution < 1.29 is 8.42 Å². The molecule has 2 rings (SSSR count). The standard InChI is InChI=1S/C8H9N3O2S2/c1-2-5-3-6-7(14-5)10-4-11-8(6)15(9,12)13/h3-4H,2H2,1H3,(H2,9,12,13). The number of hydrogen-bond donors (Lipinski definition) is 1. The first kappa shape index (κ1) is 10.5. The van der Waals surface area contributed by atoms with Crippen molar-refractivity contribution in [3.8, 4) is 0 Å². The van der Waals surface area contributed by atoms with E-state index in [1.54, 1.807) is 6.07 Å². The second kappa shape index (κ2) is 3.51. The zero-order chi connectivity index (χ0) is 11.1. The van der Waals surface area contributed by atoms with E-state index in [9.17, 15) is 8.42 Å². The molecule has 0 aliphatic heterocycles. The average molecular weight is 243 g/mol. The normalized spacial score (nSPS) is 12.1. The van der Waals surface area contributed by atoms with E-state index in [1.165, 1.54) is 17.7 Å². The molecule has 0 aliphatic rings. The number of hydrogen-bond acceptors (Lipinski definition) is 5. The highest BCUT2D eigenvalue weighted by Gasteiger charge is 2.16. The van der Waals surface area contributed by atoms with E-state index in [0.717, 1.165) is 11.3 Å². The van der Waals surface area contributed by atoms with Crippen LogP contribution in [0.15, 0.2) is 17.4 Å². The van der Waals surface area contributed by atoms with E-state index in [0.29, 0.717) is 10.2 Å². The van der Waals surface area contributed by atoms with Crippen molar-refractivity contribution in [3.63, 3.8) is 0 Å². The van der Waals surface area contributed by atoms with E-state index in [-0.39, 0.29) is 5.03 Å². The summed E-state index contributed by atoms with van der Waals surface area (Å²) >= 11 is 1.46. The smallest absolute Gasteiger partial charge is 0.225 e. The molecule has 0 spiro atoms. The molecule has 0 aliphatic carbocycles. The first-order valence-electron chi connectivity index (χ1n) is 4.28. The van der Waals surface area contributed by atoms with Crippen LogP contribution in [0.2, 0.25) is 0 Å². The van der Waals surface area contributed by atoms with Gasteiger partial charge in [-0.05, 0) is 12.5 Å². The molecule has 7 heteroatoms. The van der Waals surface area contributed by atoms with Crippen molar-refractivity contribution in [2.75, 3.05) is 0 Å². The summed E-state index contributed by atoms with van der Waals surface area (Å²) < 4.78 is 22.5. The summed E-state index contributed by atoms with van der Waals surface area (Å²) in [6.45, 7) is 1.99. The van der Waals surface area contributed by atoms with Gasteiger partial charge in [-0.25, -0.2) is 23.5 Å². The summed E-state index contributed by atoms with van der Waals surface area (Å²) in [5.41, 5.74) is 0. The van der Waals surface area contributed by atoms with Gasteiger partial charge in [-0.3, -0.25) is 0 Å². The molecular weight excluding hydrogens is 234 g/mol. The van der Waals surface area contributed by atoms with E-state index in [4.69, 9.17) is 5.14 Å². The highest BCUT2D eigenvalue weighted by atomic mass is 32.2. The Labute approximate surface area is 91.0 Å². The van der Waals surface area contributed by atoms with Gasteiger partial charge in [-0.1, -0.05) is 6.92 Å². The SMILES string of the molecule is CCc1cc2c(S(N)(=O)=O)ncnc2s1. The van der Waals surface area contributed by atoms with Crippen molar-refractivity contribution in [2.45, 2.75) is 18.4 Å². The zero-order valence-corrected chi connectivity index (χ0v) is 9.60. The monoisotopic (exact) mass is 243 g/mol. The summed E-state index contributed by atoms with van der Waals surface area (Å²) in [4.78, 5) is 9.44. The Bertz CT molecular complexity index is 603. The Kier molecular flexibility index (Phi) is 2.45. The highest BCUT2D eigenvalue weighted by Crippen LogP contribution is 2.27. The van der Waals surface area contributed by atoms with E-state index in [1.807, 2.05) is 6.92 Å². The Morgan fingerprint density at radius 3 is 2.80 bits per heavy atom. The quantitative estimate of drug-likeness (QED) is 0.794. The first-order chi connectivity index (χ1) is 7.02. The van der Waals surface area contributed by atoms with Gasteiger partial charge in [0.15, 0.2) is 5.03 Å². The Morgan fingerprint density at radius 1 is 1.47 bits per heavy atom. The van der Waals surface area contributed by atoms with Gasteiger partial charge in [0.1, 0.15) is 11.2 Å². The van der Waals surface area contributed by atoms with Crippen LogP contribution in [0.5, 0.6) is 0 Å². The van der Waals surface area contributed by atoms with E-state index < -0.39 is 10.0 Å². The Morgan fingerprint density at radius 2 is 2.20 bits per heavy atom. The fourth-order valence-electron chi connectivity index (χ4n) is 1.28. The lowest BCUT2D eigenvalue weighted by molar-refractivity contribution is 0.595. The van der Waals surface area contributed by atoms with Gasteiger partial charge in [-0.2, -0.15) is 0 Å². The molecule has 0 radical (unpaired) electrons. The van der Waals surface area contributed by atoms with Crippen LogP contribution in [0.1, 0.15) is 11.8 Å². The molecule has 0 amide bonds. The number of aryl methyl sites for hydroxylation is 1. The first-order valence-corrected chi connectivity index (χ1v) is 6.65. The number of sulfonamides is 1. The predicted octanol–water partition coefficient (Wildman–Crippen LogP) is 0.901. The van der Waals surface area contributed by atoms with Gasteiger partial charge < -0.3 is 0 Å². The van der Waals surface area contributed by atoms with Crippen molar-refractivity contribution in [1.29, 1.82) is 0 Å². The highest BCUT2D eigenvalue weighted by molar-refractivity contribution is 7.89. The summed E-state index contributed by atoms with van der Waals surface area (Å²) in [6.07, 6.45) is 2.06. The summed E-state index contributed by atoms with van der Waals surface area (Å²) in [5.74, 6) is 0. The zero-order valence-electron chi connectivity index (χ0n) is 7.97. The minimum Gasteiger partial charge on any atom is -0.225 e. The van der Waals surface area contributed by atoms with Crippen LogP contribution in [0.4, 0.5) is 0 Å². The van der Waals surface area contributed by atoms with Crippen LogP contribution in [-0.4, -0.2) is 18.4 Å². The third kappa shape index (κ3) is 1.85. The largest absolute Gasteiger partial charge is 0.256 e. The van der Waals surface area contributed by atoms with Gasteiger partial charge in [0, 0.05) is 4.88 Å². The average Bonchev–Trinajstić information content (AvgIpc) is 2.57. The second-order valence-electron chi connectivity index (χ2n) is 3.01.